The summed E-state index contributed by atoms with van der Waals surface area (Å²) in [6.07, 6.45) is -4.96. The number of halogens is 4. The van der Waals surface area contributed by atoms with E-state index in [1.807, 2.05) is 13.8 Å². The summed E-state index contributed by atoms with van der Waals surface area (Å²) in [4.78, 5) is 25.5. The van der Waals surface area contributed by atoms with Gasteiger partial charge in [0, 0.05) is 16.7 Å². The number of carbonyl (C=O) groups excluding carboxylic acids is 1. The van der Waals surface area contributed by atoms with Gasteiger partial charge in [-0.2, -0.15) is 13.2 Å². The highest BCUT2D eigenvalue weighted by Gasteiger charge is 2.39. The molecule has 0 unspecified atom stereocenters. The topological polar surface area (TPSA) is 56.5 Å². The van der Waals surface area contributed by atoms with E-state index in [1.54, 1.807) is 18.2 Å². The average Bonchev–Trinajstić information content (AvgIpc) is 2.75. The van der Waals surface area contributed by atoms with Crippen LogP contribution in [-0.4, -0.2) is 5.97 Å². The van der Waals surface area contributed by atoms with Gasteiger partial charge in [0.1, 0.15) is 11.3 Å². The van der Waals surface area contributed by atoms with Crippen molar-refractivity contribution >= 4 is 28.5 Å². The van der Waals surface area contributed by atoms with Crippen LogP contribution in [0.5, 0.6) is 5.75 Å². The first-order chi connectivity index (χ1) is 15.6. The Kier molecular flexibility index (Phi) is 5.76. The molecule has 0 aliphatic heterocycles. The number of rotatable bonds is 3. The smallest absolute Gasteiger partial charge is 0.450 e. The average molecular weight is 473 g/mol. The van der Waals surface area contributed by atoms with E-state index in [9.17, 15) is 22.8 Å². The summed E-state index contributed by atoms with van der Waals surface area (Å²) in [5.41, 5.74) is 0.124. The van der Waals surface area contributed by atoms with Crippen molar-refractivity contribution in [3.63, 3.8) is 0 Å². The minimum atomic E-state index is -4.96. The van der Waals surface area contributed by atoms with Crippen LogP contribution in [0.1, 0.15) is 27.2 Å². The molecule has 1 heterocycles. The molecular weight excluding hydrogens is 457 g/mol. The van der Waals surface area contributed by atoms with Crippen LogP contribution in [0.25, 0.3) is 22.1 Å². The van der Waals surface area contributed by atoms with Crippen LogP contribution in [0.2, 0.25) is 5.02 Å². The van der Waals surface area contributed by atoms with Crippen LogP contribution in [0.15, 0.2) is 69.9 Å². The monoisotopic (exact) mass is 472 g/mol. The third-order valence-electron chi connectivity index (χ3n) is 5.22. The van der Waals surface area contributed by atoms with Crippen LogP contribution in [0, 0.1) is 13.8 Å². The second-order valence-corrected chi connectivity index (χ2v) is 7.87. The Morgan fingerprint density at radius 3 is 2.36 bits per heavy atom. The van der Waals surface area contributed by atoms with Gasteiger partial charge in [0.05, 0.1) is 16.5 Å². The van der Waals surface area contributed by atoms with E-state index in [4.69, 9.17) is 20.8 Å². The van der Waals surface area contributed by atoms with E-state index in [1.165, 1.54) is 36.4 Å². The Morgan fingerprint density at radius 2 is 1.70 bits per heavy atom. The van der Waals surface area contributed by atoms with Gasteiger partial charge in [-0.05, 0) is 55.3 Å². The molecule has 0 saturated carbocycles. The van der Waals surface area contributed by atoms with Gasteiger partial charge in [0.25, 0.3) is 0 Å². The van der Waals surface area contributed by atoms with Crippen molar-refractivity contribution in [2.24, 2.45) is 0 Å². The molecule has 0 amide bonds. The fourth-order valence-electron chi connectivity index (χ4n) is 3.38. The van der Waals surface area contributed by atoms with E-state index in [0.29, 0.717) is 0 Å². The Balaban J connectivity index is 1.82. The standard InChI is InChI=1S/C25H16ClF3O4/c1-13-7-8-15(11-14(13)2)24(31)32-16-9-10-18-20(12-16)33-23(25(27,28)29)21(22(18)30)17-5-3-4-6-19(17)26/h3-12H,1-2H3. The molecule has 33 heavy (non-hydrogen) atoms. The number of ether oxygens (including phenoxy) is 1. The minimum Gasteiger partial charge on any atom is -0.450 e. The molecule has 0 N–H and O–H groups in total. The Hall–Kier alpha value is -3.58. The number of fused-ring (bicyclic) bond motifs is 1. The van der Waals surface area contributed by atoms with E-state index in [-0.39, 0.29) is 32.9 Å². The number of carbonyl (C=O) groups is 1. The molecule has 0 aliphatic carbocycles. The van der Waals surface area contributed by atoms with E-state index >= 15 is 0 Å². The Morgan fingerprint density at radius 1 is 0.970 bits per heavy atom. The molecule has 0 aliphatic rings. The zero-order chi connectivity index (χ0) is 23.9. The summed E-state index contributed by atoms with van der Waals surface area (Å²) in [5.74, 6) is -2.23. The van der Waals surface area contributed by atoms with E-state index in [2.05, 4.69) is 0 Å². The maximum Gasteiger partial charge on any atom is 0.450 e. The highest BCUT2D eigenvalue weighted by Crippen LogP contribution is 2.39. The SMILES string of the molecule is Cc1ccc(C(=O)Oc2ccc3c(=O)c(-c4ccccc4Cl)c(C(F)(F)F)oc3c2)cc1C. The molecule has 3 aromatic carbocycles. The van der Waals surface area contributed by atoms with Crippen molar-refractivity contribution in [2.75, 3.05) is 0 Å². The fourth-order valence-corrected chi connectivity index (χ4v) is 3.61. The van der Waals surface area contributed by atoms with E-state index < -0.39 is 28.9 Å². The van der Waals surface area contributed by atoms with Gasteiger partial charge < -0.3 is 9.15 Å². The van der Waals surface area contributed by atoms with Crippen molar-refractivity contribution in [1.29, 1.82) is 0 Å². The van der Waals surface area contributed by atoms with Crippen LogP contribution in [-0.2, 0) is 6.18 Å². The summed E-state index contributed by atoms with van der Waals surface area (Å²) >= 11 is 6.06. The molecule has 0 radical (unpaired) electrons. The van der Waals surface area contributed by atoms with Gasteiger partial charge in [-0.15, -0.1) is 0 Å². The molecule has 0 atom stereocenters. The second-order valence-electron chi connectivity index (χ2n) is 7.46. The predicted octanol–water partition coefficient (Wildman–Crippen LogP) is 6.97. The molecule has 4 aromatic rings. The number of aryl methyl sites for hydroxylation is 2. The number of esters is 1. The highest BCUT2D eigenvalue weighted by molar-refractivity contribution is 6.33. The van der Waals surface area contributed by atoms with Crippen LogP contribution in [0.3, 0.4) is 0 Å². The lowest BCUT2D eigenvalue weighted by Crippen LogP contribution is -2.16. The third kappa shape index (κ3) is 4.36. The summed E-state index contributed by atoms with van der Waals surface area (Å²) in [6, 6.07) is 14.4. The van der Waals surface area contributed by atoms with Gasteiger partial charge in [-0.3, -0.25) is 4.79 Å². The predicted molar refractivity (Wildman–Crippen MR) is 119 cm³/mol. The van der Waals surface area contributed by atoms with Gasteiger partial charge in [0.15, 0.2) is 0 Å². The lowest BCUT2D eigenvalue weighted by atomic mass is 10.0. The van der Waals surface area contributed by atoms with Crippen LogP contribution in [0.4, 0.5) is 13.2 Å². The van der Waals surface area contributed by atoms with Crippen molar-refractivity contribution in [2.45, 2.75) is 20.0 Å². The zero-order valence-electron chi connectivity index (χ0n) is 17.4. The lowest BCUT2D eigenvalue weighted by Gasteiger charge is -2.14. The summed E-state index contributed by atoms with van der Waals surface area (Å²) < 4.78 is 51.9. The van der Waals surface area contributed by atoms with Crippen molar-refractivity contribution in [1.82, 2.24) is 0 Å². The maximum atomic E-state index is 13.8. The van der Waals surface area contributed by atoms with Gasteiger partial charge >= 0.3 is 12.1 Å². The largest absolute Gasteiger partial charge is 0.450 e. The van der Waals surface area contributed by atoms with Gasteiger partial charge in [0.2, 0.25) is 11.2 Å². The molecule has 0 bridgehead atoms. The van der Waals surface area contributed by atoms with Crippen molar-refractivity contribution in [3.05, 3.63) is 98.4 Å². The molecule has 168 valence electrons. The molecular formula is C25H16ClF3O4. The fraction of sp³-hybridized carbons (Fsp3) is 0.120. The number of hydrogen-bond donors (Lipinski definition) is 0. The molecule has 0 spiro atoms. The first-order valence-electron chi connectivity index (χ1n) is 9.78. The van der Waals surface area contributed by atoms with E-state index in [0.717, 1.165) is 17.2 Å². The second kappa shape index (κ2) is 8.41. The molecule has 8 heteroatoms. The molecule has 4 rings (SSSR count). The highest BCUT2D eigenvalue weighted by atomic mass is 35.5. The minimum absolute atomic E-state index is 0.0198. The number of hydrogen-bond acceptors (Lipinski definition) is 4. The number of benzene rings is 3. The van der Waals surface area contributed by atoms with Gasteiger partial charge in [-0.1, -0.05) is 35.9 Å². The number of alkyl halides is 3. The normalized spacial score (nSPS) is 11.6. The van der Waals surface area contributed by atoms with Gasteiger partial charge in [-0.25, -0.2) is 4.79 Å². The Labute approximate surface area is 191 Å². The Bertz CT molecular complexity index is 1450. The van der Waals surface area contributed by atoms with Crippen molar-refractivity contribution < 1.29 is 27.1 Å². The quantitative estimate of drug-likeness (QED) is 0.239. The maximum absolute atomic E-state index is 13.8. The molecule has 4 nitrogen and oxygen atoms in total. The van der Waals surface area contributed by atoms with Crippen LogP contribution < -0.4 is 10.2 Å². The molecule has 0 saturated heterocycles. The van der Waals surface area contributed by atoms with Crippen LogP contribution >= 0.6 is 11.6 Å². The first kappa shape index (κ1) is 22.6. The third-order valence-corrected chi connectivity index (χ3v) is 5.55. The van der Waals surface area contributed by atoms with Crippen molar-refractivity contribution in [3.8, 4) is 16.9 Å². The summed E-state index contributed by atoms with van der Waals surface area (Å²) in [6.45, 7) is 3.73. The molecule has 1 aromatic heterocycles. The molecule has 0 fully saturated rings. The first-order valence-corrected chi connectivity index (χ1v) is 10.2. The lowest BCUT2D eigenvalue weighted by molar-refractivity contribution is -0.152. The summed E-state index contributed by atoms with van der Waals surface area (Å²) in [5, 5.41) is -0.127. The summed E-state index contributed by atoms with van der Waals surface area (Å²) in [7, 11) is 0. The zero-order valence-corrected chi connectivity index (χ0v) is 18.2.